The van der Waals surface area contributed by atoms with E-state index < -0.39 is 0 Å². The molecule has 0 amide bonds. The number of fused-ring (bicyclic) bond motifs is 7. The second kappa shape index (κ2) is 18.2. The first-order valence-corrected chi connectivity index (χ1v) is 24.1. The van der Waals surface area contributed by atoms with Crippen LogP contribution in [0.2, 0.25) is 0 Å². The Kier molecular flexibility index (Phi) is 11.8. The van der Waals surface area contributed by atoms with Crippen LogP contribution in [0.25, 0.3) is 32.3 Å². The minimum Gasteiger partial charge on any atom is -0.310 e. The number of hydrogen-bond acceptors (Lipinski definition) is 2. The van der Waals surface area contributed by atoms with E-state index in [0.29, 0.717) is 0 Å². The van der Waals surface area contributed by atoms with E-state index >= 15 is 0 Å². The van der Waals surface area contributed by atoms with Gasteiger partial charge >= 0.3 is 0 Å². The van der Waals surface area contributed by atoms with Crippen molar-refractivity contribution < 1.29 is 0 Å². The lowest BCUT2D eigenvalue weighted by atomic mass is 9.93. The summed E-state index contributed by atoms with van der Waals surface area (Å²) in [4.78, 5) is 5.09. The molecule has 62 heavy (non-hydrogen) atoms. The van der Waals surface area contributed by atoms with Crippen LogP contribution in [0.15, 0.2) is 146 Å². The SMILES string of the molecule is CCCCCCc1ccc(N(c2ccc3c(c2)CCC3)c2cc3c4ccccc4c(N(c4ccc(CCCCCC)cc4)c4ccc5c(c4)CCC5)cc3c3ccccc23)cc1. The molecule has 0 bridgehead atoms. The quantitative estimate of drug-likeness (QED) is 0.0708. The highest BCUT2D eigenvalue weighted by molar-refractivity contribution is 6.24. The lowest BCUT2D eigenvalue weighted by molar-refractivity contribution is 0.667. The van der Waals surface area contributed by atoms with Gasteiger partial charge in [0.15, 0.2) is 0 Å². The molecule has 0 unspecified atom stereocenters. The van der Waals surface area contributed by atoms with E-state index in [-0.39, 0.29) is 0 Å². The number of hydrogen-bond donors (Lipinski definition) is 0. The first-order valence-electron chi connectivity index (χ1n) is 24.1. The van der Waals surface area contributed by atoms with Crippen LogP contribution in [0.1, 0.15) is 111 Å². The van der Waals surface area contributed by atoms with Crippen molar-refractivity contribution in [1.82, 2.24) is 0 Å². The Balaban J connectivity index is 1.15. The predicted octanol–water partition coefficient (Wildman–Crippen LogP) is 17.3. The van der Waals surface area contributed by atoms with Gasteiger partial charge in [0.2, 0.25) is 0 Å². The van der Waals surface area contributed by atoms with Crippen LogP contribution in [0.4, 0.5) is 34.1 Å². The second-order valence-electron chi connectivity index (χ2n) is 18.2. The van der Waals surface area contributed by atoms with Crippen molar-refractivity contribution in [3.63, 3.8) is 0 Å². The Labute approximate surface area is 370 Å². The summed E-state index contributed by atoms with van der Waals surface area (Å²) in [7, 11) is 0. The third-order valence-corrected chi connectivity index (χ3v) is 14.0. The number of unbranched alkanes of at least 4 members (excludes halogenated alkanes) is 6. The molecule has 0 saturated carbocycles. The molecular formula is C60H62N2. The van der Waals surface area contributed by atoms with Gasteiger partial charge in [-0.3, -0.25) is 0 Å². The minimum absolute atomic E-state index is 1.14. The Hall–Kier alpha value is -5.86. The third kappa shape index (κ3) is 8.01. The third-order valence-electron chi connectivity index (χ3n) is 14.0. The van der Waals surface area contributed by atoms with Gasteiger partial charge in [-0.05, 0) is 180 Å². The van der Waals surface area contributed by atoms with Crippen LogP contribution in [-0.2, 0) is 38.5 Å². The van der Waals surface area contributed by atoms with Crippen LogP contribution >= 0.6 is 0 Å². The van der Waals surface area contributed by atoms with E-state index in [1.54, 1.807) is 0 Å². The number of benzene rings is 8. The van der Waals surface area contributed by atoms with Crippen LogP contribution < -0.4 is 9.80 Å². The van der Waals surface area contributed by atoms with E-state index in [0.717, 1.165) is 25.7 Å². The van der Waals surface area contributed by atoms with Crippen LogP contribution in [0.5, 0.6) is 0 Å². The topological polar surface area (TPSA) is 6.48 Å². The lowest BCUT2D eigenvalue weighted by Gasteiger charge is -2.30. The normalized spacial score (nSPS) is 13.3. The molecule has 0 spiro atoms. The van der Waals surface area contributed by atoms with Gasteiger partial charge in [-0.2, -0.15) is 0 Å². The fraction of sp³-hybridized carbons (Fsp3) is 0.300. The molecule has 312 valence electrons. The molecule has 8 aromatic carbocycles. The zero-order valence-electron chi connectivity index (χ0n) is 37.1. The Morgan fingerprint density at radius 2 is 0.726 bits per heavy atom. The largest absolute Gasteiger partial charge is 0.310 e. The standard InChI is InChI=1S/C60H62N2/c1-3-5-7-9-17-43-27-33-49(34-28-43)61(51-37-31-45-19-15-21-47(45)39-51)59-41-57-54-24-12-14-26-56(54)60(42-58(57)53-23-11-13-25-55(53)59)62(52-38-32-46-20-16-22-48(46)40-52)50-35-29-44(30-36-50)18-10-8-6-4-2/h11-14,23-42H,3-10,15-22H2,1-2H3. The van der Waals surface area contributed by atoms with Crippen LogP contribution in [0, 0.1) is 0 Å². The molecule has 2 nitrogen and oxygen atoms in total. The van der Waals surface area contributed by atoms with Crippen molar-refractivity contribution in [2.45, 2.75) is 117 Å². The van der Waals surface area contributed by atoms with E-state index in [2.05, 4.69) is 169 Å². The average Bonchev–Trinajstić information content (AvgIpc) is 4.00. The van der Waals surface area contributed by atoms with Crippen molar-refractivity contribution in [2.75, 3.05) is 9.80 Å². The van der Waals surface area contributed by atoms with Crippen LogP contribution in [-0.4, -0.2) is 0 Å². The van der Waals surface area contributed by atoms with Gasteiger partial charge in [0.1, 0.15) is 0 Å². The number of anilines is 6. The summed E-state index contributed by atoms with van der Waals surface area (Å²) < 4.78 is 0. The summed E-state index contributed by atoms with van der Waals surface area (Å²) >= 11 is 0. The fourth-order valence-electron chi connectivity index (χ4n) is 10.7. The molecule has 10 rings (SSSR count). The zero-order chi connectivity index (χ0) is 41.8. The van der Waals surface area contributed by atoms with E-state index in [1.165, 1.54) is 177 Å². The lowest BCUT2D eigenvalue weighted by Crippen LogP contribution is -2.12. The fourth-order valence-corrected chi connectivity index (χ4v) is 10.7. The van der Waals surface area contributed by atoms with Gasteiger partial charge in [-0.15, -0.1) is 0 Å². The van der Waals surface area contributed by atoms with E-state index in [9.17, 15) is 0 Å². The zero-order valence-corrected chi connectivity index (χ0v) is 37.1. The number of rotatable bonds is 16. The molecule has 0 radical (unpaired) electrons. The highest BCUT2D eigenvalue weighted by atomic mass is 15.2. The molecule has 0 saturated heterocycles. The van der Waals surface area contributed by atoms with E-state index in [1.807, 2.05) is 0 Å². The van der Waals surface area contributed by atoms with Crippen molar-refractivity contribution in [1.29, 1.82) is 0 Å². The highest BCUT2D eigenvalue weighted by Gasteiger charge is 2.24. The summed E-state index contributed by atoms with van der Waals surface area (Å²) in [6.45, 7) is 4.58. The number of nitrogens with zero attached hydrogens (tertiary/aromatic N) is 2. The maximum Gasteiger partial charge on any atom is 0.0546 e. The smallest absolute Gasteiger partial charge is 0.0546 e. The molecule has 0 atom stereocenters. The van der Waals surface area contributed by atoms with Gasteiger partial charge in [0.05, 0.1) is 11.4 Å². The minimum atomic E-state index is 1.14. The molecule has 8 aromatic rings. The molecule has 0 aromatic heterocycles. The Morgan fingerprint density at radius 3 is 1.15 bits per heavy atom. The molecule has 0 heterocycles. The summed E-state index contributed by atoms with van der Waals surface area (Å²) in [6.07, 6.45) is 19.7. The maximum absolute atomic E-state index is 2.55. The van der Waals surface area contributed by atoms with Gasteiger partial charge in [-0.1, -0.05) is 137 Å². The molecule has 0 aliphatic heterocycles. The monoisotopic (exact) mass is 810 g/mol. The summed E-state index contributed by atoms with van der Waals surface area (Å²) in [5, 5.41) is 7.66. The van der Waals surface area contributed by atoms with Crippen molar-refractivity contribution >= 4 is 66.4 Å². The molecule has 0 fully saturated rings. The maximum atomic E-state index is 2.55. The van der Waals surface area contributed by atoms with Crippen LogP contribution in [0.3, 0.4) is 0 Å². The summed E-state index contributed by atoms with van der Waals surface area (Å²) in [5.41, 5.74) is 16.2. The molecule has 0 N–H and O–H groups in total. The average molecular weight is 811 g/mol. The molecular weight excluding hydrogens is 749 g/mol. The Morgan fingerprint density at radius 1 is 0.339 bits per heavy atom. The summed E-state index contributed by atoms with van der Waals surface area (Å²) in [6, 6.07) is 56.8. The molecule has 2 aliphatic carbocycles. The van der Waals surface area contributed by atoms with Crippen molar-refractivity contribution in [2.24, 2.45) is 0 Å². The Bertz CT molecular complexity index is 2630. The molecule has 2 heteroatoms. The van der Waals surface area contributed by atoms with E-state index in [4.69, 9.17) is 0 Å². The first kappa shape index (κ1) is 40.2. The van der Waals surface area contributed by atoms with Crippen molar-refractivity contribution in [3.05, 3.63) is 179 Å². The highest BCUT2D eigenvalue weighted by Crippen LogP contribution is 2.48. The summed E-state index contributed by atoms with van der Waals surface area (Å²) in [5.74, 6) is 0. The van der Waals surface area contributed by atoms with Gasteiger partial charge in [0, 0.05) is 33.5 Å². The predicted molar refractivity (Wildman–Crippen MR) is 268 cm³/mol. The van der Waals surface area contributed by atoms with Gasteiger partial charge in [0.25, 0.3) is 0 Å². The first-order chi connectivity index (χ1) is 30.7. The van der Waals surface area contributed by atoms with Gasteiger partial charge < -0.3 is 9.80 Å². The molecule has 2 aliphatic rings. The number of aryl methyl sites for hydroxylation is 6. The second-order valence-corrected chi connectivity index (χ2v) is 18.2. The van der Waals surface area contributed by atoms with Crippen molar-refractivity contribution in [3.8, 4) is 0 Å². The van der Waals surface area contributed by atoms with Gasteiger partial charge in [-0.25, -0.2) is 0 Å².